The minimum Gasteiger partial charge on any atom is -0.485 e. The molecule has 212 valence electrons. The smallest absolute Gasteiger partial charge is 0.274 e. The normalized spacial score (nSPS) is 19.1. The van der Waals surface area contributed by atoms with Gasteiger partial charge in [0.15, 0.2) is 5.69 Å². The van der Waals surface area contributed by atoms with Gasteiger partial charge in [-0.1, -0.05) is 18.2 Å². The lowest BCUT2D eigenvalue weighted by molar-refractivity contribution is 0.0297. The summed E-state index contributed by atoms with van der Waals surface area (Å²) in [6.45, 7) is 11.0. The van der Waals surface area contributed by atoms with Crippen LogP contribution in [0.1, 0.15) is 34.4 Å². The molecule has 0 spiro atoms. The van der Waals surface area contributed by atoms with Crippen molar-refractivity contribution in [3.05, 3.63) is 77.5 Å². The predicted molar refractivity (Wildman–Crippen MR) is 158 cm³/mol. The molecule has 3 aliphatic rings. The summed E-state index contributed by atoms with van der Waals surface area (Å²) in [5, 5.41) is 1.22. The molecule has 41 heavy (non-hydrogen) atoms. The van der Waals surface area contributed by atoms with Crippen LogP contribution >= 0.6 is 0 Å². The van der Waals surface area contributed by atoms with Gasteiger partial charge in [-0.05, 0) is 56.2 Å². The van der Waals surface area contributed by atoms with E-state index in [4.69, 9.17) is 14.5 Å². The lowest BCUT2D eigenvalue weighted by Crippen LogP contribution is -2.52. The topological polar surface area (TPSA) is 76.0 Å². The molecule has 1 atom stereocenters. The number of piperazine rings is 1. The summed E-state index contributed by atoms with van der Waals surface area (Å²) in [4.78, 5) is 29.3. The number of aromatic nitrogens is 3. The molecule has 2 fully saturated rings. The number of hydrogen-bond donors (Lipinski definition) is 0. The van der Waals surface area contributed by atoms with Gasteiger partial charge in [0.05, 0.1) is 30.1 Å². The number of nitrogens with zero attached hydrogens (tertiary/aromatic N) is 6. The molecule has 2 aromatic carbocycles. The summed E-state index contributed by atoms with van der Waals surface area (Å²) in [6.07, 6.45) is 2.66. The molecule has 9 heteroatoms. The number of aryl methyl sites for hydroxylation is 1. The predicted octanol–water partition coefficient (Wildman–Crippen LogP) is 3.85. The zero-order valence-electron chi connectivity index (χ0n) is 23.8. The van der Waals surface area contributed by atoms with Crippen LogP contribution in [0.3, 0.4) is 0 Å². The third-order valence-electron chi connectivity index (χ3n) is 8.68. The number of anilines is 1. The van der Waals surface area contributed by atoms with Gasteiger partial charge < -0.3 is 19.3 Å². The number of rotatable bonds is 5. The van der Waals surface area contributed by atoms with E-state index in [0.717, 1.165) is 60.9 Å². The fourth-order valence-electron chi connectivity index (χ4n) is 6.41. The third-order valence-corrected chi connectivity index (χ3v) is 8.68. The molecule has 0 bridgehead atoms. The summed E-state index contributed by atoms with van der Waals surface area (Å²) in [5.41, 5.74) is 6.82. The molecule has 2 aromatic heterocycles. The molecule has 7 rings (SSSR count). The van der Waals surface area contributed by atoms with E-state index in [0.29, 0.717) is 44.6 Å². The lowest BCUT2D eigenvalue weighted by atomic mass is 10.1. The van der Waals surface area contributed by atoms with Gasteiger partial charge in [0, 0.05) is 62.1 Å². The maximum absolute atomic E-state index is 13.1. The fourth-order valence-corrected chi connectivity index (χ4v) is 6.41. The highest BCUT2D eigenvalue weighted by Gasteiger charge is 2.30. The van der Waals surface area contributed by atoms with E-state index in [9.17, 15) is 4.79 Å². The Morgan fingerprint density at radius 3 is 2.68 bits per heavy atom. The number of hydrogen-bond acceptors (Lipinski definition) is 7. The summed E-state index contributed by atoms with van der Waals surface area (Å²) < 4.78 is 13.8. The number of carbonyl (C=O) groups excluding carboxylic acids is 1. The van der Waals surface area contributed by atoms with Gasteiger partial charge in [-0.2, -0.15) is 0 Å². The molecule has 0 radical (unpaired) electrons. The van der Waals surface area contributed by atoms with Crippen molar-refractivity contribution in [3.63, 3.8) is 0 Å². The molecular weight excluding hydrogens is 516 g/mol. The van der Waals surface area contributed by atoms with E-state index in [1.807, 2.05) is 22.5 Å². The number of fused-ring (bicyclic) bond motifs is 4. The molecule has 0 saturated carbocycles. The SMILES string of the molecule is Cc1ccc2c(N3CCN(CCc4cccc5c4OCc4c(C(=O)N6CCOCC6)ncn4-5)[C@H](C)C3)cccc2n1. The van der Waals surface area contributed by atoms with Crippen molar-refractivity contribution < 1.29 is 14.3 Å². The van der Waals surface area contributed by atoms with Crippen LogP contribution < -0.4 is 9.64 Å². The van der Waals surface area contributed by atoms with Gasteiger partial charge in [-0.25, -0.2) is 4.98 Å². The van der Waals surface area contributed by atoms with E-state index in [-0.39, 0.29) is 5.91 Å². The average molecular weight is 553 g/mol. The number of carbonyl (C=O) groups is 1. The minimum atomic E-state index is -0.0479. The van der Waals surface area contributed by atoms with E-state index in [1.165, 1.54) is 16.6 Å². The van der Waals surface area contributed by atoms with Gasteiger partial charge in [-0.15, -0.1) is 0 Å². The van der Waals surface area contributed by atoms with Crippen molar-refractivity contribution in [2.75, 3.05) is 57.4 Å². The molecule has 1 amide bonds. The maximum Gasteiger partial charge on any atom is 0.274 e. The Balaban J connectivity index is 1.04. The van der Waals surface area contributed by atoms with E-state index in [2.05, 4.69) is 64.2 Å². The molecule has 0 aliphatic carbocycles. The summed E-state index contributed by atoms with van der Waals surface area (Å²) in [7, 11) is 0. The maximum atomic E-state index is 13.1. The highest BCUT2D eigenvalue weighted by atomic mass is 16.5. The molecule has 0 N–H and O–H groups in total. The molecule has 9 nitrogen and oxygen atoms in total. The monoisotopic (exact) mass is 552 g/mol. The Bertz CT molecular complexity index is 1590. The van der Waals surface area contributed by atoms with Crippen molar-refractivity contribution in [1.29, 1.82) is 0 Å². The number of para-hydroxylation sites is 1. The van der Waals surface area contributed by atoms with Gasteiger partial charge >= 0.3 is 0 Å². The van der Waals surface area contributed by atoms with Crippen LogP contribution in [0.15, 0.2) is 54.9 Å². The number of imidazole rings is 1. The van der Waals surface area contributed by atoms with E-state index < -0.39 is 0 Å². The van der Waals surface area contributed by atoms with Gasteiger partial charge in [0.2, 0.25) is 0 Å². The van der Waals surface area contributed by atoms with Gasteiger partial charge in [-0.3, -0.25) is 19.2 Å². The van der Waals surface area contributed by atoms with Crippen LogP contribution in [0.5, 0.6) is 5.75 Å². The summed E-state index contributed by atoms with van der Waals surface area (Å²) in [5.74, 6) is 0.848. The highest BCUT2D eigenvalue weighted by molar-refractivity contribution is 5.94. The Kier molecular flexibility index (Phi) is 6.84. The molecule has 3 aliphatic heterocycles. The van der Waals surface area contributed by atoms with Crippen molar-refractivity contribution in [2.24, 2.45) is 0 Å². The van der Waals surface area contributed by atoms with E-state index >= 15 is 0 Å². The zero-order valence-corrected chi connectivity index (χ0v) is 23.8. The van der Waals surface area contributed by atoms with Crippen LogP contribution in [0.25, 0.3) is 16.6 Å². The van der Waals surface area contributed by atoms with Crippen molar-refractivity contribution in [1.82, 2.24) is 24.3 Å². The quantitative estimate of drug-likeness (QED) is 0.372. The average Bonchev–Trinajstić information content (AvgIpc) is 3.45. The molecule has 4 aromatic rings. The first kappa shape index (κ1) is 26.0. The van der Waals surface area contributed by atoms with Crippen LogP contribution in [-0.2, 0) is 17.8 Å². The lowest BCUT2D eigenvalue weighted by Gasteiger charge is -2.41. The first-order valence-corrected chi connectivity index (χ1v) is 14.6. The Hall–Kier alpha value is -3.95. The largest absolute Gasteiger partial charge is 0.485 e. The second kappa shape index (κ2) is 10.8. The number of benzene rings is 2. The first-order valence-electron chi connectivity index (χ1n) is 14.6. The van der Waals surface area contributed by atoms with Crippen LogP contribution in [0.2, 0.25) is 0 Å². The Labute approximate surface area is 240 Å². The van der Waals surface area contributed by atoms with Crippen molar-refractivity contribution in [2.45, 2.75) is 32.9 Å². The minimum absolute atomic E-state index is 0.0479. The number of amides is 1. The van der Waals surface area contributed by atoms with Crippen LogP contribution in [0.4, 0.5) is 5.69 Å². The van der Waals surface area contributed by atoms with Crippen molar-refractivity contribution in [3.8, 4) is 11.4 Å². The third kappa shape index (κ3) is 4.83. The second-order valence-electron chi connectivity index (χ2n) is 11.2. The van der Waals surface area contributed by atoms with Crippen LogP contribution in [0, 0.1) is 6.92 Å². The summed E-state index contributed by atoms with van der Waals surface area (Å²) >= 11 is 0. The summed E-state index contributed by atoms with van der Waals surface area (Å²) in [6, 6.07) is 17.5. The molecule has 0 unspecified atom stereocenters. The number of morpholine rings is 1. The van der Waals surface area contributed by atoms with Crippen molar-refractivity contribution >= 4 is 22.5 Å². The first-order chi connectivity index (χ1) is 20.1. The van der Waals surface area contributed by atoms with E-state index in [1.54, 1.807) is 6.33 Å². The molecular formula is C32H36N6O3. The number of ether oxygens (including phenoxy) is 2. The second-order valence-corrected chi connectivity index (χ2v) is 11.2. The highest BCUT2D eigenvalue weighted by Crippen LogP contribution is 2.35. The number of pyridine rings is 1. The van der Waals surface area contributed by atoms with Gasteiger partial charge in [0.1, 0.15) is 18.7 Å². The standard InChI is InChI=1S/C32H36N6O3/c1-22-9-10-25-26(34-22)6-4-7-27(25)37-14-13-35(23(2)19-37)12-11-24-5-3-8-28-31(24)41-20-29-30(33-21-38(28)29)32(39)36-15-17-40-18-16-36/h3-10,21,23H,11-20H2,1-2H3/t23-/m1/s1. The molecule has 2 saturated heterocycles. The zero-order chi connectivity index (χ0) is 27.9. The molecule has 5 heterocycles. The van der Waals surface area contributed by atoms with Crippen LogP contribution in [-0.4, -0.2) is 88.8 Å². The van der Waals surface area contributed by atoms with Gasteiger partial charge in [0.25, 0.3) is 5.91 Å². The Morgan fingerprint density at radius 1 is 1.00 bits per heavy atom. The fraction of sp³-hybridized carbons (Fsp3) is 0.406. The Morgan fingerprint density at radius 2 is 1.83 bits per heavy atom.